The summed E-state index contributed by atoms with van der Waals surface area (Å²) >= 11 is 0. The highest BCUT2D eigenvalue weighted by molar-refractivity contribution is 14.0. The van der Waals surface area contributed by atoms with E-state index in [9.17, 15) is 4.39 Å². The van der Waals surface area contributed by atoms with Crippen LogP contribution in [0.5, 0.6) is 11.5 Å². The van der Waals surface area contributed by atoms with Gasteiger partial charge in [0.1, 0.15) is 5.82 Å². The zero-order valence-corrected chi connectivity index (χ0v) is 18.1. The lowest BCUT2D eigenvalue weighted by Crippen LogP contribution is -2.24. The van der Waals surface area contributed by atoms with Gasteiger partial charge in [-0.15, -0.1) is 24.0 Å². The molecule has 2 rings (SSSR count). The zero-order chi connectivity index (χ0) is 18.9. The second-order valence-corrected chi connectivity index (χ2v) is 5.69. The van der Waals surface area contributed by atoms with Gasteiger partial charge in [-0.3, -0.25) is 4.99 Å². The van der Waals surface area contributed by atoms with E-state index in [1.165, 1.54) is 6.07 Å². The van der Waals surface area contributed by atoms with E-state index in [0.29, 0.717) is 36.2 Å². The van der Waals surface area contributed by atoms with E-state index in [1.807, 2.05) is 24.1 Å². The van der Waals surface area contributed by atoms with Gasteiger partial charge < -0.3 is 25.4 Å². The summed E-state index contributed by atoms with van der Waals surface area (Å²) in [7, 11) is 5.01. The molecule has 2 aromatic rings. The Labute approximate surface area is 176 Å². The smallest absolute Gasteiger partial charge is 0.193 e. The molecule has 0 heterocycles. The van der Waals surface area contributed by atoms with E-state index in [4.69, 9.17) is 15.2 Å². The fourth-order valence-electron chi connectivity index (χ4n) is 2.49. The molecule has 0 bridgehead atoms. The molecule has 0 saturated carbocycles. The molecule has 0 atom stereocenters. The van der Waals surface area contributed by atoms with Gasteiger partial charge in [0.15, 0.2) is 17.5 Å². The number of aliphatic imine (C=N–C) groups is 1. The van der Waals surface area contributed by atoms with Crippen LogP contribution in [0.15, 0.2) is 47.5 Å². The molecule has 0 radical (unpaired) electrons. The van der Waals surface area contributed by atoms with Gasteiger partial charge in [-0.25, -0.2) is 4.39 Å². The van der Waals surface area contributed by atoms with Crippen molar-refractivity contribution in [1.82, 2.24) is 0 Å². The Hall–Kier alpha value is -2.23. The van der Waals surface area contributed by atoms with Crippen molar-refractivity contribution in [1.29, 1.82) is 0 Å². The minimum absolute atomic E-state index is 0. The van der Waals surface area contributed by atoms with Crippen LogP contribution in [-0.2, 0) is 0 Å². The summed E-state index contributed by atoms with van der Waals surface area (Å²) in [4.78, 5) is 6.16. The fraction of sp³-hybridized carbons (Fsp3) is 0.316. The highest BCUT2D eigenvalue weighted by Crippen LogP contribution is 2.29. The van der Waals surface area contributed by atoms with Crippen molar-refractivity contribution >= 4 is 41.3 Å². The second kappa shape index (κ2) is 11.5. The molecule has 0 amide bonds. The summed E-state index contributed by atoms with van der Waals surface area (Å²) in [6.45, 7) is 1.21. The third kappa shape index (κ3) is 6.78. The minimum Gasteiger partial charge on any atom is -0.493 e. The largest absolute Gasteiger partial charge is 0.493 e. The number of hydrogen-bond acceptors (Lipinski definition) is 4. The molecule has 27 heavy (non-hydrogen) atoms. The topological polar surface area (TPSA) is 72.1 Å². The number of rotatable bonds is 8. The van der Waals surface area contributed by atoms with Gasteiger partial charge in [0.05, 0.1) is 19.9 Å². The molecule has 0 saturated heterocycles. The average Bonchev–Trinajstić information content (AvgIpc) is 2.65. The molecular formula is C19H26FIN4O2. The number of halogens is 2. The van der Waals surface area contributed by atoms with E-state index in [2.05, 4.69) is 10.3 Å². The van der Waals surface area contributed by atoms with Crippen molar-refractivity contribution in [3.05, 3.63) is 48.3 Å². The van der Waals surface area contributed by atoms with Crippen LogP contribution in [-0.4, -0.2) is 40.3 Å². The van der Waals surface area contributed by atoms with Gasteiger partial charge in [-0.2, -0.15) is 0 Å². The maximum absolute atomic E-state index is 13.7. The molecule has 0 fully saturated rings. The highest BCUT2D eigenvalue weighted by Gasteiger charge is 2.06. The van der Waals surface area contributed by atoms with Crippen LogP contribution in [0, 0.1) is 5.82 Å². The zero-order valence-electron chi connectivity index (χ0n) is 15.7. The van der Waals surface area contributed by atoms with Crippen LogP contribution < -0.4 is 25.4 Å². The molecule has 0 aliphatic carbocycles. The normalized spacial score (nSPS) is 10.7. The van der Waals surface area contributed by atoms with Crippen LogP contribution in [0.3, 0.4) is 0 Å². The molecule has 0 aliphatic heterocycles. The molecule has 148 valence electrons. The van der Waals surface area contributed by atoms with Gasteiger partial charge in [0.25, 0.3) is 0 Å². The molecule has 0 aromatic heterocycles. The number of benzene rings is 2. The summed E-state index contributed by atoms with van der Waals surface area (Å²) in [5, 5.41) is 3.02. The number of hydrogen-bond donors (Lipinski definition) is 2. The first kappa shape index (κ1) is 22.8. The van der Waals surface area contributed by atoms with Crippen molar-refractivity contribution < 1.29 is 13.9 Å². The SMILES string of the molecule is COc1ccc(NC(N)=NCCCN(C)c2ccccc2F)cc1OC.I. The summed E-state index contributed by atoms with van der Waals surface area (Å²) < 4.78 is 24.2. The lowest BCUT2D eigenvalue weighted by atomic mass is 10.2. The maximum Gasteiger partial charge on any atom is 0.193 e. The fourth-order valence-corrected chi connectivity index (χ4v) is 2.49. The van der Waals surface area contributed by atoms with Gasteiger partial charge >= 0.3 is 0 Å². The molecule has 3 N–H and O–H groups in total. The molecule has 0 aliphatic rings. The molecule has 8 heteroatoms. The Kier molecular flexibility index (Phi) is 9.70. The van der Waals surface area contributed by atoms with Gasteiger partial charge in [0, 0.05) is 31.9 Å². The highest BCUT2D eigenvalue weighted by atomic mass is 127. The summed E-state index contributed by atoms with van der Waals surface area (Å²) in [5.74, 6) is 1.33. The third-order valence-corrected chi connectivity index (χ3v) is 3.85. The number of nitrogens with two attached hydrogens (primary N) is 1. The number of para-hydroxylation sites is 1. The van der Waals surface area contributed by atoms with E-state index < -0.39 is 0 Å². The Morgan fingerprint density at radius 2 is 1.85 bits per heavy atom. The average molecular weight is 488 g/mol. The molecule has 6 nitrogen and oxygen atoms in total. The van der Waals surface area contributed by atoms with Crippen LogP contribution in [0.4, 0.5) is 15.8 Å². The van der Waals surface area contributed by atoms with Gasteiger partial charge in [0.2, 0.25) is 0 Å². The van der Waals surface area contributed by atoms with Crippen molar-refractivity contribution in [3.8, 4) is 11.5 Å². The van der Waals surface area contributed by atoms with E-state index in [1.54, 1.807) is 38.5 Å². The lowest BCUT2D eigenvalue weighted by Gasteiger charge is -2.19. The quantitative estimate of drug-likeness (QED) is 0.257. The standard InChI is InChI=1S/C19H25FN4O2.HI/c1-24(16-8-5-4-7-15(16)20)12-6-11-22-19(21)23-14-9-10-17(25-2)18(13-14)26-3;/h4-5,7-10,13H,6,11-12H2,1-3H3,(H3,21,22,23);1H. The Morgan fingerprint density at radius 1 is 1.15 bits per heavy atom. The first-order valence-electron chi connectivity index (χ1n) is 8.29. The lowest BCUT2D eigenvalue weighted by molar-refractivity contribution is 0.355. The first-order valence-corrected chi connectivity index (χ1v) is 8.29. The number of nitrogens with zero attached hydrogens (tertiary/aromatic N) is 2. The van der Waals surface area contributed by atoms with Crippen LogP contribution >= 0.6 is 24.0 Å². The maximum atomic E-state index is 13.7. The van der Waals surface area contributed by atoms with Crippen molar-refractivity contribution in [2.45, 2.75) is 6.42 Å². The van der Waals surface area contributed by atoms with Crippen molar-refractivity contribution in [3.63, 3.8) is 0 Å². The van der Waals surface area contributed by atoms with E-state index >= 15 is 0 Å². The van der Waals surface area contributed by atoms with Crippen LogP contribution in [0.25, 0.3) is 0 Å². The third-order valence-electron chi connectivity index (χ3n) is 3.85. The second-order valence-electron chi connectivity index (χ2n) is 5.69. The molecular weight excluding hydrogens is 462 g/mol. The van der Waals surface area contributed by atoms with Crippen LogP contribution in [0.1, 0.15) is 6.42 Å². The van der Waals surface area contributed by atoms with Crippen molar-refractivity contribution in [2.24, 2.45) is 10.7 Å². The van der Waals surface area contributed by atoms with Gasteiger partial charge in [-0.1, -0.05) is 12.1 Å². The minimum atomic E-state index is -0.229. The number of guanidine groups is 1. The Morgan fingerprint density at radius 3 is 2.52 bits per heavy atom. The first-order chi connectivity index (χ1) is 12.5. The summed E-state index contributed by atoms with van der Waals surface area (Å²) in [5.41, 5.74) is 7.25. The summed E-state index contributed by atoms with van der Waals surface area (Å²) in [6, 6.07) is 12.1. The molecule has 0 unspecified atom stereocenters. The number of anilines is 2. The molecule has 0 spiro atoms. The van der Waals surface area contributed by atoms with E-state index in [-0.39, 0.29) is 29.8 Å². The molecule has 2 aromatic carbocycles. The van der Waals surface area contributed by atoms with E-state index in [0.717, 1.165) is 12.1 Å². The van der Waals surface area contributed by atoms with Crippen LogP contribution in [0.2, 0.25) is 0 Å². The van der Waals surface area contributed by atoms with Gasteiger partial charge in [-0.05, 0) is 30.7 Å². The predicted molar refractivity (Wildman–Crippen MR) is 119 cm³/mol. The Balaban J connectivity index is 0.00000364. The number of methoxy groups -OCH3 is 2. The summed E-state index contributed by atoms with van der Waals surface area (Å²) in [6.07, 6.45) is 0.749. The number of ether oxygens (including phenoxy) is 2. The van der Waals surface area contributed by atoms with Crippen molar-refractivity contribution in [2.75, 3.05) is 44.6 Å². The Bertz CT molecular complexity index is 758. The number of nitrogens with one attached hydrogen (secondary N) is 1. The monoisotopic (exact) mass is 488 g/mol. The predicted octanol–water partition coefficient (Wildman–Crippen LogP) is 3.71.